The summed E-state index contributed by atoms with van der Waals surface area (Å²) in [5, 5.41) is 0.539. The Morgan fingerprint density at radius 2 is 1.71 bits per heavy atom. The van der Waals surface area contributed by atoms with Crippen molar-refractivity contribution in [1.82, 2.24) is 0 Å². The SMILES string of the molecule is NCc1cc(Cl)ccc1-c1ccc(F)cc1F. The molecule has 4 heteroatoms. The molecule has 2 rings (SSSR count). The van der Waals surface area contributed by atoms with Crippen LogP contribution >= 0.6 is 11.6 Å². The largest absolute Gasteiger partial charge is 0.326 e. The Balaban J connectivity index is 2.60. The first-order valence-electron chi connectivity index (χ1n) is 5.05. The van der Waals surface area contributed by atoms with Gasteiger partial charge in [0.1, 0.15) is 11.6 Å². The van der Waals surface area contributed by atoms with Crippen LogP contribution in [-0.2, 0) is 6.54 Å². The minimum Gasteiger partial charge on any atom is -0.326 e. The molecule has 0 aliphatic heterocycles. The van der Waals surface area contributed by atoms with E-state index in [-0.39, 0.29) is 6.54 Å². The van der Waals surface area contributed by atoms with E-state index >= 15 is 0 Å². The molecule has 2 N–H and O–H groups in total. The third kappa shape index (κ3) is 2.46. The van der Waals surface area contributed by atoms with Gasteiger partial charge in [-0.3, -0.25) is 0 Å². The molecule has 0 radical (unpaired) electrons. The standard InChI is InChI=1S/C13H10ClF2N/c14-9-1-3-11(8(5-9)7-17)12-4-2-10(15)6-13(12)16/h1-6H,7,17H2. The van der Waals surface area contributed by atoms with Crippen molar-refractivity contribution in [2.75, 3.05) is 0 Å². The first kappa shape index (κ1) is 12.0. The second kappa shape index (κ2) is 4.82. The molecule has 0 saturated carbocycles. The molecule has 0 aliphatic rings. The highest BCUT2D eigenvalue weighted by Gasteiger charge is 2.10. The van der Waals surface area contributed by atoms with Crippen LogP contribution < -0.4 is 5.73 Å². The molecule has 1 nitrogen and oxygen atoms in total. The molecule has 0 amide bonds. The molecule has 0 aliphatic carbocycles. The van der Waals surface area contributed by atoms with Crippen molar-refractivity contribution in [2.45, 2.75) is 6.54 Å². The first-order chi connectivity index (χ1) is 8.11. The topological polar surface area (TPSA) is 26.0 Å². The monoisotopic (exact) mass is 253 g/mol. The van der Waals surface area contributed by atoms with Crippen LogP contribution in [0.15, 0.2) is 36.4 Å². The van der Waals surface area contributed by atoms with Gasteiger partial charge in [0, 0.05) is 23.2 Å². The van der Waals surface area contributed by atoms with Crippen molar-refractivity contribution in [2.24, 2.45) is 5.73 Å². The van der Waals surface area contributed by atoms with Crippen LogP contribution in [0.1, 0.15) is 5.56 Å². The lowest BCUT2D eigenvalue weighted by atomic mass is 9.99. The molecule has 0 atom stereocenters. The van der Waals surface area contributed by atoms with Crippen LogP contribution in [0.25, 0.3) is 11.1 Å². The summed E-state index contributed by atoms with van der Waals surface area (Å²) < 4.78 is 26.5. The molecule has 88 valence electrons. The Bertz CT molecular complexity index is 555. The normalized spacial score (nSPS) is 10.6. The van der Waals surface area contributed by atoms with Crippen molar-refractivity contribution >= 4 is 11.6 Å². The molecule has 0 heterocycles. The van der Waals surface area contributed by atoms with Crippen molar-refractivity contribution in [3.63, 3.8) is 0 Å². The van der Waals surface area contributed by atoms with Crippen molar-refractivity contribution in [3.05, 3.63) is 58.6 Å². The highest BCUT2D eigenvalue weighted by molar-refractivity contribution is 6.30. The van der Waals surface area contributed by atoms with Gasteiger partial charge in [0.25, 0.3) is 0 Å². The van der Waals surface area contributed by atoms with Gasteiger partial charge in [0.05, 0.1) is 0 Å². The van der Waals surface area contributed by atoms with Crippen LogP contribution in [0.5, 0.6) is 0 Å². The van der Waals surface area contributed by atoms with E-state index in [2.05, 4.69) is 0 Å². The van der Waals surface area contributed by atoms with Crippen molar-refractivity contribution < 1.29 is 8.78 Å². The molecule has 17 heavy (non-hydrogen) atoms. The summed E-state index contributed by atoms with van der Waals surface area (Å²) in [5.74, 6) is -1.21. The van der Waals surface area contributed by atoms with Gasteiger partial charge >= 0.3 is 0 Å². The van der Waals surface area contributed by atoms with Crippen LogP contribution in [-0.4, -0.2) is 0 Å². The van der Waals surface area contributed by atoms with Crippen molar-refractivity contribution in [3.8, 4) is 11.1 Å². The molecule has 0 spiro atoms. The third-order valence-corrected chi connectivity index (χ3v) is 2.74. The minimum atomic E-state index is -0.609. The number of hydrogen-bond donors (Lipinski definition) is 1. The Hall–Kier alpha value is -1.45. The Kier molecular flexibility index (Phi) is 3.41. The van der Waals surface area contributed by atoms with Gasteiger partial charge < -0.3 is 5.73 Å². The van der Waals surface area contributed by atoms with Gasteiger partial charge in [-0.15, -0.1) is 0 Å². The fraction of sp³-hybridized carbons (Fsp3) is 0.0769. The van der Waals surface area contributed by atoms with E-state index in [1.54, 1.807) is 18.2 Å². The minimum absolute atomic E-state index is 0.243. The van der Waals surface area contributed by atoms with E-state index in [0.29, 0.717) is 16.1 Å². The number of hydrogen-bond acceptors (Lipinski definition) is 1. The van der Waals surface area contributed by atoms with E-state index in [4.69, 9.17) is 17.3 Å². The number of benzene rings is 2. The van der Waals surface area contributed by atoms with Crippen LogP contribution in [0.3, 0.4) is 0 Å². The molecular formula is C13H10ClF2N. The Labute approximate surface area is 103 Å². The summed E-state index contributed by atoms with van der Waals surface area (Å²) in [6, 6.07) is 8.48. The van der Waals surface area contributed by atoms with Crippen LogP contribution in [0.4, 0.5) is 8.78 Å². The first-order valence-corrected chi connectivity index (χ1v) is 5.43. The van der Waals surface area contributed by atoms with E-state index in [9.17, 15) is 8.78 Å². The average Bonchev–Trinajstić information content (AvgIpc) is 2.30. The Morgan fingerprint density at radius 1 is 1.00 bits per heavy atom. The summed E-state index contributed by atoms with van der Waals surface area (Å²) in [4.78, 5) is 0. The van der Waals surface area contributed by atoms with E-state index in [1.165, 1.54) is 12.1 Å². The summed E-state index contributed by atoms with van der Waals surface area (Å²) in [7, 11) is 0. The number of rotatable bonds is 2. The van der Waals surface area contributed by atoms with Crippen molar-refractivity contribution in [1.29, 1.82) is 0 Å². The van der Waals surface area contributed by atoms with Gasteiger partial charge in [-0.1, -0.05) is 17.7 Å². The molecule has 2 aromatic rings. The average molecular weight is 254 g/mol. The number of nitrogens with two attached hydrogens (primary N) is 1. The number of halogens is 3. The molecule has 0 saturated heterocycles. The zero-order valence-corrected chi connectivity index (χ0v) is 9.64. The molecular weight excluding hydrogens is 244 g/mol. The van der Waals surface area contributed by atoms with Gasteiger partial charge in [-0.2, -0.15) is 0 Å². The lowest BCUT2D eigenvalue weighted by molar-refractivity contribution is 0.585. The molecule has 0 bridgehead atoms. The smallest absolute Gasteiger partial charge is 0.133 e. The molecule has 2 aromatic carbocycles. The predicted molar refractivity (Wildman–Crippen MR) is 64.7 cm³/mol. The molecule has 0 aromatic heterocycles. The van der Waals surface area contributed by atoms with E-state index in [0.717, 1.165) is 11.6 Å². The van der Waals surface area contributed by atoms with Gasteiger partial charge in [-0.05, 0) is 35.4 Å². The van der Waals surface area contributed by atoms with E-state index in [1.807, 2.05) is 0 Å². The second-order valence-corrected chi connectivity index (χ2v) is 4.07. The highest BCUT2D eigenvalue weighted by Crippen LogP contribution is 2.28. The van der Waals surface area contributed by atoms with Crippen LogP contribution in [0, 0.1) is 11.6 Å². The summed E-state index contributed by atoms with van der Waals surface area (Å²) >= 11 is 5.84. The van der Waals surface area contributed by atoms with Gasteiger partial charge in [0.15, 0.2) is 0 Å². The highest BCUT2D eigenvalue weighted by atomic mass is 35.5. The maximum Gasteiger partial charge on any atom is 0.133 e. The summed E-state index contributed by atoms with van der Waals surface area (Å²) in [5.41, 5.74) is 7.26. The lowest BCUT2D eigenvalue weighted by Crippen LogP contribution is -2.00. The van der Waals surface area contributed by atoms with Gasteiger partial charge in [0.2, 0.25) is 0 Å². The zero-order valence-electron chi connectivity index (χ0n) is 8.88. The predicted octanol–water partition coefficient (Wildman–Crippen LogP) is 3.74. The fourth-order valence-corrected chi connectivity index (χ4v) is 1.90. The van der Waals surface area contributed by atoms with Crippen LogP contribution in [0.2, 0.25) is 5.02 Å². The Morgan fingerprint density at radius 3 is 2.35 bits per heavy atom. The van der Waals surface area contributed by atoms with E-state index < -0.39 is 11.6 Å². The van der Waals surface area contributed by atoms with Gasteiger partial charge in [-0.25, -0.2) is 8.78 Å². The quantitative estimate of drug-likeness (QED) is 0.867. The lowest BCUT2D eigenvalue weighted by Gasteiger charge is -2.09. The maximum absolute atomic E-state index is 13.6. The molecule has 0 fully saturated rings. The maximum atomic E-state index is 13.6. The zero-order chi connectivity index (χ0) is 12.4. The summed E-state index contributed by atoms with van der Waals surface area (Å²) in [6.07, 6.45) is 0. The molecule has 0 unspecified atom stereocenters. The third-order valence-electron chi connectivity index (χ3n) is 2.51. The fourth-order valence-electron chi connectivity index (χ4n) is 1.70. The second-order valence-electron chi connectivity index (χ2n) is 3.63. The summed E-state index contributed by atoms with van der Waals surface area (Å²) in [6.45, 7) is 0.243.